The first-order valence-corrected chi connectivity index (χ1v) is 9.49. The van der Waals surface area contributed by atoms with Crippen LogP contribution in [0.3, 0.4) is 0 Å². The SMILES string of the molecule is N#C/C(=C\c1ccc(OC(=O)c2ccccc2)cc1)C(=O)Nc1ccc([N+](=O)[O-])cc1Cl. The molecule has 3 rings (SSSR count). The normalized spacial score (nSPS) is 10.7. The number of ether oxygens (including phenoxy) is 1. The molecular weight excluding hydrogens is 434 g/mol. The van der Waals surface area contributed by atoms with Crippen LogP contribution in [-0.2, 0) is 4.79 Å². The molecular formula is C23H14ClN3O5. The van der Waals surface area contributed by atoms with E-state index in [0.717, 1.165) is 6.07 Å². The first kappa shape index (κ1) is 22.2. The number of rotatable bonds is 6. The third-order valence-corrected chi connectivity index (χ3v) is 4.50. The molecule has 0 unspecified atom stereocenters. The van der Waals surface area contributed by atoms with Gasteiger partial charge in [-0.15, -0.1) is 0 Å². The second-order valence-electron chi connectivity index (χ2n) is 6.37. The average Bonchev–Trinajstić information content (AvgIpc) is 2.80. The van der Waals surface area contributed by atoms with Gasteiger partial charge in [-0.25, -0.2) is 4.79 Å². The van der Waals surface area contributed by atoms with Gasteiger partial charge >= 0.3 is 5.97 Å². The van der Waals surface area contributed by atoms with Crippen LogP contribution >= 0.6 is 11.6 Å². The average molecular weight is 448 g/mol. The Labute approximate surface area is 187 Å². The maximum atomic E-state index is 12.4. The van der Waals surface area contributed by atoms with Crippen LogP contribution in [0.5, 0.6) is 5.75 Å². The molecule has 3 aromatic rings. The molecule has 0 bridgehead atoms. The number of anilines is 1. The molecule has 1 amide bonds. The van der Waals surface area contributed by atoms with E-state index in [1.807, 2.05) is 0 Å². The van der Waals surface area contributed by atoms with Gasteiger partial charge in [-0.05, 0) is 42.0 Å². The van der Waals surface area contributed by atoms with Gasteiger partial charge < -0.3 is 10.1 Å². The predicted octanol–water partition coefficient (Wildman–Crippen LogP) is 5.01. The highest BCUT2D eigenvalue weighted by atomic mass is 35.5. The molecule has 0 saturated carbocycles. The van der Waals surface area contributed by atoms with E-state index in [0.29, 0.717) is 16.9 Å². The summed E-state index contributed by atoms with van der Waals surface area (Å²) >= 11 is 5.97. The second kappa shape index (κ2) is 10.0. The second-order valence-corrected chi connectivity index (χ2v) is 6.78. The molecule has 0 spiro atoms. The number of carbonyl (C=O) groups is 2. The molecule has 0 radical (unpaired) electrons. The summed E-state index contributed by atoms with van der Waals surface area (Å²) in [7, 11) is 0. The number of esters is 1. The lowest BCUT2D eigenvalue weighted by molar-refractivity contribution is -0.384. The molecule has 0 saturated heterocycles. The standard InChI is InChI=1S/C23H14ClN3O5/c24-20-13-18(27(30)31)8-11-21(20)26-22(28)17(14-25)12-15-6-9-19(10-7-15)32-23(29)16-4-2-1-3-5-16/h1-13H,(H,26,28)/b17-12+. The lowest BCUT2D eigenvalue weighted by Crippen LogP contribution is -2.13. The van der Waals surface area contributed by atoms with Gasteiger partial charge in [-0.3, -0.25) is 14.9 Å². The fourth-order valence-electron chi connectivity index (χ4n) is 2.60. The molecule has 0 heterocycles. The van der Waals surface area contributed by atoms with Crippen molar-refractivity contribution in [2.75, 3.05) is 5.32 Å². The number of carbonyl (C=O) groups excluding carboxylic acids is 2. The van der Waals surface area contributed by atoms with E-state index in [-0.39, 0.29) is 22.0 Å². The molecule has 8 nitrogen and oxygen atoms in total. The molecule has 0 aliphatic carbocycles. The van der Waals surface area contributed by atoms with Crippen molar-refractivity contribution in [3.8, 4) is 11.8 Å². The molecule has 3 aromatic carbocycles. The monoisotopic (exact) mass is 447 g/mol. The van der Waals surface area contributed by atoms with E-state index in [1.54, 1.807) is 48.5 Å². The number of nitro groups is 1. The molecule has 1 N–H and O–H groups in total. The summed E-state index contributed by atoms with van der Waals surface area (Å²) in [4.78, 5) is 34.7. The van der Waals surface area contributed by atoms with Crippen LogP contribution in [0, 0.1) is 21.4 Å². The summed E-state index contributed by atoms with van der Waals surface area (Å²) in [6.07, 6.45) is 1.34. The lowest BCUT2D eigenvalue weighted by atomic mass is 10.1. The zero-order valence-electron chi connectivity index (χ0n) is 16.3. The number of nitro benzene ring substituents is 1. The van der Waals surface area contributed by atoms with Crippen molar-refractivity contribution in [3.63, 3.8) is 0 Å². The van der Waals surface area contributed by atoms with Crippen molar-refractivity contribution >= 4 is 40.9 Å². The summed E-state index contributed by atoms with van der Waals surface area (Å²) in [6, 6.07) is 20.1. The van der Waals surface area contributed by atoms with Gasteiger partial charge in [0.1, 0.15) is 17.4 Å². The fourth-order valence-corrected chi connectivity index (χ4v) is 2.82. The Bertz CT molecular complexity index is 1250. The van der Waals surface area contributed by atoms with Crippen LogP contribution in [0.2, 0.25) is 5.02 Å². The van der Waals surface area contributed by atoms with E-state index in [4.69, 9.17) is 16.3 Å². The fraction of sp³-hybridized carbons (Fsp3) is 0. The molecule has 0 aromatic heterocycles. The highest BCUT2D eigenvalue weighted by Crippen LogP contribution is 2.27. The highest BCUT2D eigenvalue weighted by molar-refractivity contribution is 6.34. The van der Waals surface area contributed by atoms with Crippen molar-refractivity contribution in [2.24, 2.45) is 0 Å². The number of nitrogens with one attached hydrogen (secondary N) is 1. The van der Waals surface area contributed by atoms with Crippen molar-refractivity contribution in [2.45, 2.75) is 0 Å². The Morgan fingerprint density at radius 2 is 1.75 bits per heavy atom. The largest absolute Gasteiger partial charge is 0.423 e. The van der Waals surface area contributed by atoms with Gasteiger partial charge in [0.25, 0.3) is 11.6 Å². The Balaban J connectivity index is 1.70. The molecule has 32 heavy (non-hydrogen) atoms. The minimum atomic E-state index is -0.733. The maximum absolute atomic E-state index is 12.4. The Morgan fingerprint density at radius 1 is 1.06 bits per heavy atom. The summed E-state index contributed by atoms with van der Waals surface area (Å²) in [5.74, 6) is -0.939. The van der Waals surface area contributed by atoms with Gasteiger partial charge in [-0.2, -0.15) is 5.26 Å². The summed E-state index contributed by atoms with van der Waals surface area (Å²) in [5.41, 5.74) is 0.618. The number of benzene rings is 3. The van der Waals surface area contributed by atoms with Crippen LogP contribution < -0.4 is 10.1 Å². The Hall–Kier alpha value is -4.48. The van der Waals surface area contributed by atoms with Crippen molar-refractivity contribution in [3.05, 3.63) is 105 Å². The molecule has 0 fully saturated rings. The number of amides is 1. The summed E-state index contributed by atoms with van der Waals surface area (Å²) in [5, 5.41) is 22.5. The van der Waals surface area contributed by atoms with E-state index in [9.17, 15) is 25.0 Å². The maximum Gasteiger partial charge on any atom is 0.343 e. The van der Waals surface area contributed by atoms with E-state index >= 15 is 0 Å². The smallest absolute Gasteiger partial charge is 0.343 e. The van der Waals surface area contributed by atoms with Crippen LogP contribution in [-0.4, -0.2) is 16.8 Å². The van der Waals surface area contributed by atoms with Gasteiger partial charge in [0.15, 0.2) is 0 Å². The predicted molar refractivity (Wildman–Crippen MR) is 118 cm³/mol. The lowest BCUT2D eigenvalue weighted by Gasteiger charge is -2.07. The Morgan fingerprint density at radius 3 is 2.34 bits per heavy atom. The third kappa shape index (κ3) is 5.56. The van der Waals surface area contributed by atoms with Gasteiger partial charge in [0.2, 0.25) is 0 Å². The minimum absolute atomic E-state index is 0.0329. The van der Waals surface area contributed by atoms with Gasteiger partial charge in [-0.1, -0.05) is 41.9 Å². The minimum Gasteiger partial charge on any atom is -0.423 e. The number of nitriles is 1. The number of non-ortho nitro benzene ring substituents is 1. The zero-order chi connectivity index (χ0) is 23.1. The summed E-state index contributed by atoms with van der Waals surface area (Å²) in [6.45, 7) is 0. The third-order valence-electron chi connectivity index (χ3n) is 4.19. The number of halogens is 1. The van der Waals surface area contributed by atoms with Crippen molar-refractivity contribution < 1.29 is 19.2 Å². The molecule has 158 valence electrons. The van der Waals surface area contributed by atoms with Crippen LogP contribution in [0.15, 0.2) is 78.4 Å². The van der Waals surface area contributed by atoms with E-state index in [1.165, 1.54) is 30.3 Å². The van der Waals surface area contributed by atoms with Gasteiger partial charge in [0, 0.05) is 12.1 Å². The Kier molecular flexibility index (Phi) is 6.95. The van der Waals surface area contributed by atoms with E-state index < -0.39 is 16.8 Å². The van der Waals surface area contributed by atoms with Crippen molar-refractivity contribution in [1.29, 1.82) is 5.26 Å². The first-order valence-electron chi connectivity index (χ1n) is 9.12. The zero-order valence-corrected chi connectivity index (χ0v) is 17.1. The van der Waals surface area contributed by atoms with Crippen molar-refractivity contribution in [1.82, 2.24) is 0 Å². The number of nitrogens with zero attached hydrogens (tertiary/aromatic N) is 2. The van der Waals surface area contributed by atoms with Crippen LogP contribution in [0.1, 0.15) is 15.9 Å². The van der Waals surface area contributed by atoms with Crippen LogP contribution in [0.25, 0.3) is 6.08 Å². The molecule has 0 atom stereocenters. The van der Waals surface area contributed by atoms with E-state index in [2.05, 4.69) is 5.32 Å². The molecule has 9 heteroatoms. The van der Waals surface area contributed by atoms with Gasteiger partial charge in [0.05, 0.1) is 21.2 Å². The highest BCUT2D eigenvalue weighted by Gasteiger charge is 2.14. The molecule has 0 aliphatic heterocycles. The topological polar surface area (TPSA) is 122 Å². The first-order chi connectivity index (χ1) is 15.4. The quantitative estimate of drug-likeness (QED) is 0.141. The van der Waals surface area contributed by atoms with Crippen LogP contribution in [0.4, 0.5) is 11.4 Å². The summed E-state index contributed by atoms with van der Waals surface area (Å²) < 4.78 is 5.29. The molecule has 0 aliphatic rings. The number of hydrogen-bond donors (Lipinski definition) is 1. The number of hydrogen-bond acceptors (Lipinski definition) is 6.